The molecule has 0 spiro atoms. The molecule has 0 radical (unpaired) electrons. The lowest BCUT2D eigenvalue weighted by atomic mass is 9.95. The molecular formula is C26H34N4O3. The topological polar surface area (TPSA) is 83.6 Å². The van der Waals surface area contributed by atoms with Crippen LogP contribution in [0.5, 0.6) is 5.75 Å². The fourth-order valence-corrected chi connectivity index (χ4v) is 4.21. The number of hydrogen-bond acceptors (Lipinski definition) is 6. The first-order valence-corrected chi connectivity index (χ1v) is 11.5. The molecular weight excluding hydrogens is 416 g/mol. The van der Waals surface area contributed by atoms with Gasteiger partial charge >= 0.3 is 0 Å². The van der Waals surface area contributed by atoms with Gasteiger partial charge in [-0.05, 0) is 67.8 Å². The molecule has 1 saturated heterocycles. The maximum Gasteiger partial charge on any atom is 0.181 e. The minimum absolute atomic E-state index is 0.0580. The van der Waals surface area contributed by atoms with Crippen molar-refractivity contribution in [1.29, 1.82) is 0 Å². The Balaban J connectivity index is 1.67. The monoisotopic (exact) mass is 450 g/mol. The maximum absolute atomic E-state index is 9.83. The van der Waals surface area contributed by atoms with Gasteiger partial charge in [-0.2, -0.15) is 5.10 Å². The van der Waals surface area contributed by atoms with Crippen LogP contribution < -0.4 is 9.64 Å². The van der Waals surface area contributed by atoms with E-state index in [0.717, 1.165) is 59.9 Å². The molecule has 2 N–H and O–H groups in total. The molecule has 0 aliphatic carbocycles. The van der Waals surface area contributed by atoms with Crippen LogP contribution in [0, 0.1) is 12.3 Å². The third-order valence-electron chi connectivity index (χ3n) is 6.29. The predicted molar refractivity (Wildman–Crippen MR) is 131 cm³/mol. The van der Waals surface area contributed by atoms with Crippen molar-refractivity contribution in [3.8, 4) is 28.5 Å². The number of anilines is 1. The molecule has 1 aliphatic rings. The highest BCUT2D eigenvalue weighted by Crippen LogP contribution is 2.30. The predicted octanol–water partition coefficient (Wildman–Crippen LogP) is 3.91. The van der Waals surface area contributed by atoms with E-state index < -0.39 is 0 Å². The fourth-order valence-electron chi connectivity index (χ4n) is 4.21. The van der Waals surface area contributed by atoms with Crippen LogP contribution in [0.1, 0.15) is 32.3 Å². The van der Waals surface area contributed by atoms with E-state index in [1.165, 1.54) is 0 Å². The van der Waals surface area contributed by atoms with Crippen LogP contribution in [0.3, 0.4) is 0 Å². The number of rotatable bonds is 7. The molecule has 2 aromatic carbocycles. The average molecular weight is 451 g/mol. The lowest BCUT2D eigenvalue weighted by Crippen LogP contribution is -2.35. The molecule has 1 aliphatic heterocycles. The molecule has 3 aromatic rings. The van der Waals surface area contributed by atoms with Crippen molar-refractivity contribution < 1.29 is 14.9 Å². The van der Waals surface area contributed by atoms with Crippen LogP contribution in [0.2, 0.25) is 0 Å². The standard InChI is InChI=1S/C26H34N4O3/c1-18-15-20(7-10-23(18)33-4)25-27-24(28-30(25)16-26(2,3)17-31)19-5-8-21(9-6-19)29-13-11-22(32)12-14-29/h5-10,15,22,31-32H,11-14,16-17H2,1-4H3. The third-order valence-corrected chi connectivity index (χ3v) is 6.29. The summed E-state index contributed by atoms with van der Waals surface area (Å²) in [5.41, 5.74) is 3.76. The molecule has 33 heavy (non-hydrogen) atoms. The first kappa shape index (κ1) is 23.3. The zero-order valence-corrected chi connectivity index (χ0v) is 20.0. The molecule has 7 nitrogen and oxygen atoms in total. The van der Waals surface area contributed by atoms with E-state index in [1.54, 1.807) is 7.11 Å². The molecule has 1 fully saturated rings. The van der Waals surface area contributed by atoms with Crippen molar-refractivity contribution in [3.05, 3.63) is 48.0 Å². The summed E-state index contributed by atoms with van der Waals surface area (Å²) in [5, 5.41) is 24.4. The quantitative estimate of drug-likeness (QED) is 0.568. The SMILES string of the molecule is COc1ccc(-c2nc(-c3ccc(N4CCC(O)CC4)cc3)nn2CC(C)(C)CO)cc1C. The molecule has 0 amide bonds. The normalized spacial score (nSPS) is 15.2. The maximum atomic E-state index is 9.83. The van der Waals surface area contributed by atoms with Crippen molar-refractivity contribution in [3.63, 3.8) is 0 Å². The van der Waals surface area contributed by atoms with Crippen molar-refractivity contribution in [2.24, 2.45) is 5.41 Å². The summed E-state index contributed by atoms with van der Waals surface area (Å²) in [6.45, 7) is 8.38. The Hall–Kier alpha value is -2.90. The average Bonchev–Trinajstić information content (AvgIpc) is 3.22. The number of hydrogen-bond donors (Lipinski definition) is 2. The molecule has 0 bridgehead atoms. The Morgan fingerprint density at radius 3 is 2.33 bits per heavy atom. The summed E-state index contributed by atoms with van der Waals surface area (Å²) in [6, 6.07) is 14.3. The van der Waals surface area contributed by atoms with E-state index in [9.17, 15) is 10.2 Å². The van der Waals surface area contributed by atoms with E-state index in [1.807, 2.05) is 37.6 Å². The second kappa shape index (κ2) is 9.53. The van der Waals surface area contributed by atoms with E-state index >= 15 is 0 Å². The number of ether oxygens (including phenoxy) is 1. The van der Waals surface area contributed by atoms with Gasteiger partial charge in [0.1, 0.15) is 5.75 Å². The first-order valence-electron chi connectivity index (χ1n) is 11.5. The minimum Gasteiger partial charge on any atom is -0.496 e. The zero-order chi connectivity index (χ0) is 23.6. The number of piperidine rings is 1. The molecule has 7 heteroatoms. The Labute approximate surface area is 195 Å². The van der Waals surface area contributed by atoms with Crippen LogP contribution in [0.4, 0.5) is 5.69 Å². The molecule has 0 atom stereocenters. The zero-order valence-electron chi connectivity index (χ0n) is 20.0. The lowest BCUT2D eigenvalue weighted by molar-refractivity contribution is 0.137. The smallest absolute Gasteiger partial charge is 0.181 e. The molecule has 0 unspecified atom stereocenters. The highest BCUT2D eigenvalue weighted by atomic mass is 16.5. The summed E-state index contributed by atoms with van der Waals surface area (Å²) in [5.74, 6) is 2.26. The van der Waals surface area contributed by atoms with Gasteiger partial charge in [0.2, 0.25) is 0 Å². The third kappa shape index (κ3) is 5.20. The molecule has 1 aromatic heterocycles. The summed E-state index contributed by atoms with van der Waals surface area (Å²) in [6.07, 6.45) is 1.43. The van der Waals surface area contributed by atoms with Gasteiger partial charge in [-0.15, -0.1) is 0 Å². The second-order valence-electron chi connectivity index (χ2n) is 9.69. The number of aliphatic hydroxyl groups is 2. The molecule has 2 heterocycles. The highest BCUT2D eigenvalue weighted by molar-refractivity contribution is 5.65. The largest absolute Gasteiger partial charge is 0.496 e. The summed E-state index contributed by atoms with van der Waals surface area (Å²) in [7, 11) is 1.67. The van der Waals surface area contributed by atoms with Crippen molar-refractivity contribution in [2.45, 2.75) is 46.3 Å². The number of aliphatic hydroxyl groups excluding tert-OH is 2. The van der Waals surface area contributed by atoms with Crippen molar-refractivity contribution in [1.82, 2.24) is 14.8 Å². The van der Waals surface area contributed by atoms with E-state index in [4.69, 9.17) is 14.8 Å². The van der Waals surface area contributed by atoms with Crippen molar-refractivity contribution in [2.75, 3.05) is 31.7 Å². The van der Waals surface area contributed by atoms with Gasteiger partial charge in [-0.25, -0.2) is 9.67 Å². The van der Waals surface area contributed by atoms with E-state index in [0.29, 0.717) is 12.4 Å². The van der Waals surface area contributed by atoms with Gasteiger partial charge in [-0.1, -0.05) is 13.8 Å². The molecule has 176 valence electrons. The summed E-state index contributed by atoms with van der Waals surface area (Å²) >= 11 is 0. The van der Waals surface area contributed by atoms with Crippen LogP contribution in [0.15, 0.2) is 42.5 Å². The van der Waals surface area contributed by atoms with Gasteiger partial charge in [-0.3, -0.25) is 0 Å². The van der Waals surface area contributed by atoms with Gasteiger partial charge in [0.05, 0.1) is 19.8 Å². The Bertz CT molecular complexity index is 1080. The van der Waals surface area contributed by atoms with Gasteiger partial charge in [0, 0.05) is 41.9 Å². The van der Waals surface area contributed by atoms with E-state index in [-0.39, 0.29) is 18.1 Å². The van der Waals surface area contributed by atoms with Gasteiger partial charge in [0.25, 0.3) is 0 Å². The Morgan fingerprint density at radius 1 is 1.06 bits per heavy atom. The van der Waals surface area contributed by atoms with Crippen LogP contribution >= 0.6 is 0 Å². The highest BCUT2D eigenvalue weighted by Gasteiger charge is 2.23. The Morgan fingerprint density at radius 2 is 1.73 bits per heavy atom. The minimum atomic E-state index is -0.329. The van der Waals surface area contributed by atoms with Crippen LogP contribution in [0.25, 0.3) is 22.8 Å². The van der Waals surface area contributed by atoms with Crippen molar-refractivity contribution >= 4 is 5.69 Å². The van der Waals surface area contributed by atoms with Crippen LogP contribution in [-0.4, -0.2) is 57.9 Å². The number of benzene rings is 2. The second-order valence-corrected chi connectivity index (χ2v) is 9.69. The number of nitrogens with zero attached hydrogens (tertiary/aromatic N) is 4. The number of aryl methyl sites for hydroxylation is 1. The van der Waals surface area contributed by atoms with Crippen LogP contribution in [-0.2, 0) is 6.54 Å². The number of aromatic nitrogens is 3. The number of methoxy groups -OCH3 is 1. The summed E-state index contributed by atoms with van der Waals surface area (Å²) in [4.78, 5) is 7.20. The first-order chi connectivity index (χ1) is 15.8. The van der Waals surface area contributed by atoms with E-state index in [2.05, 4.69) is 35.2 Å². The van der Waals surface area contributed by atoms with Gasteiger partial charge in [0.15, 0.2) is 11.6 Å². The fraction of sp³-hybridized carbons (Fsp3) is 0.462. The van der Waals surface area contributed by atoms with Gasteiger partial charge < -0.3 is 19.8 Å². The summed E-state index contributed by atoms with van der Waals surface area (Å²) < 4.78 is 7.31. The molecule has 4 rings (SSSR count). The molecule has 0 saturated carbocycles. The lowest BCUT2D eigenvalue weighted by Gasteiger charge is -2.31. The Kier molecular flexibility index (Phi) is 6.72.